The van der Waals surface area contributed by atoms with Crippen LogP contribution < -0.4 is 5.43 Å². The van der Waals surface area contributed by atoms with Gasteiger partial charge in [-0.15, -0.1) is 0 Å². The van der Waals surface area contributed by atoms with Gasteiger partial charge in [-0.25, -0.2) is 5.43 Å². The molecule has 0 radical (unpaired) electrons. The Bertz CT molecular complexity index is 1150. The highest BCUT2D eigenvalue weighted by atomic mass is 16.3. The molecule has 0 aliphatic carbocycles. The van der Waals surface area contributed by atoms with Crippen molar-refractivity contribution in [2.45, 2.75) is 0 Å². The molecule has 1 heterocycles. The van der Waals surface area contributed by atoms with E-state index < -0.39 is 5.91 Å². The first kappa shape index (κ1) is 18.2. The third-order valence-electron chi connectivity index (χ3n) is 4.42. The van der Waals surface area contributed by atoms with E-state index in [4.69, 9.17) is 0 Å². The number of carbonyl (C=O) groups excluding carboxylic acids is 1. The van der Waals surface area contributed by atoms with Crippen LogP contribution >= 0.6 is 0 Å². The fourth-order valence-corrected chi connectivity index (χ4v) is 2.87. The minimum Gasteiger partial charge on any atom is -0.507 e. The first-order chi connectivity index (χ1) is 14.2. The monoisotopic (exact) mass is 382 g/mol. The zero-order valence-corrected chi connectivity index (χ0v) is 15.4. The van der Waals surface area contributed by atoms with Gasteiger partial charge in [-0.1, -0.05) is 66.7 Å². The summed E-state index contributed by atoms with van der Waals surface area (Å²) in [6.45, 7) is 0. The van der Waals surface area contributed by atoms with E-state index in [9.17, 15) is 9.90 Å². The van der Waals surface area contributed by atoms with Crippen LogP contribution in [0.1, 0.15) is 16.1 Å². The summed E-state index contributed by atoms with van der Waals surface area (Å²) in [5.74, 6) is -0.329. The number of amides is 1. The van der Waals surface area contributed by atoms with Gasteiger partial charge in [0.1, 0.15) is 11.4 Å². The normalized spacial score (nSPS) is 10.9. The average Bonchev–Trinajstić information content (AvgIpc) is 3.26. The molecule has 4 aromatic rings. The molecule has 0 spiro atoms. The Morgan fingerprint density at radius 1 is 0.897 bits per heavy atom. The van der Waals surface area contributed by atoms with Gasteiger partial charge in [0.15, 0.2) is 0 Å². The molecule has 0 saturated carbocycles. The van der Waals surface area contributed by atoms with Crippen molar-refractivity contribution in [2.75, 3.05) is 0 Å². The predicted octanol–water partition coefficient (Wildman–Crippen LogP) is 4.21. The third kappa shape index (κ3) is 4.22. The molecule has 3 N–H and O–H groups in total. The highest BCUT2D eigenvalue weighted by Crippen LogP contribution is 2.24. The Morgan fingerprint density at radius 2 is 1.55 bits per heavy atom. The lowest BCUT2D eigenvalue weighted by molar-refractivity contribution is 0.0950. The van der Waals surface area contributed by atoms with Crippen LogP contribution in [0.15, 0.2) is 90.0 Å². The number of nitrogens with one attached hydrogen (secondary N) is 2. The lowest BCUT2D eigenvalue weighted by Gasteiger charge is -2.02. The van der Waals surface area contributed by atoms with Crippen molar-refractivity contribution in [3.05, 3.63) is 96.2 Å². The van der Waals surface area contributed by atoms with E-state index in [0.717, 1.165) is 16.7 Å². The number of aromatic amines is 1. The number of hydrogen-bond acceptors (Lipinski definition) is 4. The van der Waals surface area contributed by atoms with E-state index in [2.05, 4.69) is 32.9 Å². The van der Waals surface area contributed by atoms with Crippen molar-refractivity contribution in [3.63, 3.8) is 0 Å². The van der Waals surface area contributed by atoms with Crippen LogP contribution in [0.3, 0.4) is 0 Å². The molecular formula is C23H18N4O2. The summed E-state index contributed by atoms with van der Waals surface area (Å²) in [6.07, 6.45) is 1.38. The summed E-state index contributed by atoms with van der Waals surface area (Å²) in [4.78, 5) is 12.2. The van der Waals surface area contributed by atoms with Gasteiger partial charge in [0, 0.05) is 11.1 Å². The van der Waals surface area contributed by atoms with Crippen LogP contribution in [-0.4, -0.2) is 27.4 Å². The number of aromatic nitrogens is 2. The fourth-order valence-electron chi connectivity index (χ4n) is 2.87. The van der Waals surface area contributed by atoms with Gasteiger partial charge in [-0.3, -0.25) is 9.89 Å². The molecule has 0 saturated heterocycles. The number of phenols is 1. The van der Waals surface area contributed by atoms with E-state index in [1.165, 1.54) is 6.21 Å². The zero-order valence-electron chi connectivity index (χ0n) is 15.4. The van der Waals surface area contributed by atoms with Gasteiger partial charge < -0.3 is 5.11 Å². The van der Waals surface area contributed by atoms with Crippen LogP contribution in [0.4, 0.5) is 0 Å². The first-order valence-corrected chi connectivity index (χ1v) is 9.03. The SMILES string of the molecule is O=C(NN=Cc1ccccc1O)c1cc(-c2ccc(-c3ccccc3)cc2)n[nH]1. The van der Waals surface area contributed by atoms with Crippen molar-refractivity contribution in [2.24, 2.45) is 5.10 Å². The Hall–Kier alpha value is -4.19. The number of hydrazone groups is 1. The minimum absolute atomic E-state index is 0.0910. The van der Waals surface area contributed by atoms with Gasteiger partial charge >= 0.3 is 0 Å². The maximum absolute atomic E-state index is 12.2. The summed E-state index contributed by atoms with van der Waals surface area (Å²) in [5.41, 5.74) is 7.04. The Kier molecular flexibility index (Phi) is 5.16. The zero-order chi connectivity index (χ0) is 20.1. The fraction of sp³-hybridized carbons (Fsp3) is 0. The van der Waals surface area contributed by atoms with Crippen LogP contribution in [-0.2, 0) is 0 Å². The number of carbonyl (C=O) groups is 1. The van der Waals surface area contributed by atoms with E-state index in [-0.39, 0.29) is 5.75 Å². The first-order valence-electron chi connectivity index (χ1n) is 9.03. The van der Waals surface area contributed by atoms with Crippen LogP contribution in [0.5, 0.6) is 5.75 Å². The predicted molar refractivity (Wildman–Crippen MR) is 113 cm³/mol. The van der Waals surface area contributed by atoms with Gasteiger partial charge in [-0.05, 0) is 29.3 Å². The van der Waals surface area contributed by atoms with Crippen molar-refractivity contribution in [1.82, 2.24) is 15.6 Å². The quantitative estimate of drug-likeness (QED) is 0.357. The van der Waals surface area contributed by atoms with Crippen LogP contribution in [0.25, 0.3) is 22.4 Å². The summed E-state index contributed by atoms with van der Waals surface area (Å²) in [5, 5.41) is 20.5. The number of H-pyrrole nitrogens is 1. The van der Waals surface area contributed by atoms with Crippen molar-refractivity contribution < 1.29 is 9.90 Å². The second kappa shape index (κ2) is 8.22. The third-order valence-corrected chi connectivity index (χ3v) is 4.42. The van der Waals surface area contributed by atoms with E-state index in [0.29, 0.717) is 17.0 Å². The largest absolute Gasteiger partial charge is 0.507 e. The van der Waals surface area contributed by atoms with E-state index in [1.54, 1.807) is 30.3 Å². The molecule has 4 rings (SSSR count). The van der Waals surface area contributed by atoms with Gasteiger partial charge in [-0.2, -0.15) is 10.2 Å². The molecule has 0 unspecified atom stereocenters. The highest BCUT2D eigenvalue weighted by molar-refractivity contribution is 5.94. The molecule has 0 aliphatic rings. The summed E-state index contributed by atoms with van der Waals surface area (Å²) >= 11 is 0. The molecule has 1 amide bonds. The molecular weight excluding hydrogens is 364 g/mol. The lowest BCUT2D eigenvalue weighted by atomic mass is 10.0. The molecule has 0 aliphatic heterocycles. The van der Waals surface area contributed by atoms with E-state index >= 15 is 0 Å². The summed E-state index contributed by atoms with van der Waals surface area (Å²) in [6, 6.07) is 26.5. The Labute approximate surface area is 167 Å². The number of rotatable bonds is 5. The average molecular weight is 382 g/mol. The number of aromatic hydroxyl groups is 1. The van der Waals surface area contributed by atoms with Crippen LogP contribution in [0, 0.1) is 0 Å². The molecule has 0 atom stereocenters. The van der Waals surface area contributed by atoms with Gasteiger partial charge in [0.2, 0.25) is 0 Å². The van der Waals surface area contributed by atoms with Crippen molar-refractivity contribution in [1.29, 1.82) is 0 Å². The highest BCUT2D eigenvalue weighted by Gasteiger charge is 2.10. The Morgan fingerprint density at radius 3 is 2.31 bits per heavy atom. The van der Waals surface area contributed by atoms with Crippen LogP contribution in [0.2, 0.25) is 0 Å². The minimum atomic E-state index is -0.420. The van der Waals surface area contributed by atoms with E-state index in [1.807, 2.05) is 42.5 Å². The van der Waals surface area contributed by atoms with Crippen molar-refractivity contribution >= 4 is 12.1 Å². The standard InChI is InChI=1S/C23H18N4O2/c28-22-9-5-4-8-19(22)15-24-27-23(29)21-14-20(25-26-21)18-12-10-17(11-13-18)16-6-2-1-3-7-16/h1-15,28H,(H,25,26)(H,27,29). The van der Waals surface area contributed by atoms with Gasteiger partial charge in [0.05, 0.1) is 11.9 Å². The molecule has 1 aromatic heterocycles. The second-order valence-electron chi connectivity index (χ2n) is 6.37. The lowest BCUT2D eigenvalue weighted by Crippen LogP contribution is -2.18. The molecule has 0 fully saturated rings. The Balaban J connectivity index is 1.44. The maximum atomic E-state index is 12.2. The smallest absolute Gasteiger partial charge is 0.289 e. The molecule has 6 heteroatoms. The van der Waals surface area contributed by atoms with Gasteiger partial charge in [0.25, 0.3) is 5.91 Å². The topological polar surface area (TPSA) is 90.4 Å². The number of benzene rings is 3. The number of nitrogens with zero attached hydrogens (tertiary/aromatic N) is 2. The number of phenolic OH excluding ortho intramolecular Hbond substituents is 1. The number of hydrogen-bond donors (Lipinski definition) is 3. The molecule has 3 aromatic carbocycles. The maximum Gasteiger partial charge on any atom is 0.289 e. The second-order valence-corrected chi connectivity index (χ2v) is 6.37. The molecule has 0 bridgehead atoms. The molecule has 6 nitrogen and oxygen atoms in total. The van der Waals surface area contributed by atoms with Crippen molar-refractivity contribution in [3.8, 4) is 28.1 Å². The number of para-hydroxylation sites is 1. The summed E-state index contributed by atoms with van der Waals surface area (Å²) in [7, 11) is 0. The molecule has 142 valence electrons. The summed E-state index contributed by atoms with van der Waals surface area (Å²) < 4.78 is 0. The molecule has 29 heavy (non-hydrogen) atoms.